The number of halogens is 2. The van der Waals surface area contributed by atoms with Crippen molar-refractivity contribution in [3.8, 4) is 11.3 Å². The number of hydrogen-bond acceptors (Lipinski definition) is 3. The summed E-state index contributed by atoms with van der Waals surface area (Å²) in [6.45, 7) is 4.74. The lowest BCUT2D eigenvalue weighted by Gasteiger charge is -2.09. The summed E-state index contributed by atoms with van der Waals surface area (Å²) in [6, 6.07) is 6.11. The Bertz CT molecular complexity index is 587. The highest BCUT2D eigenvalue weighted by molar-refractivity contribution is 6.33. The van der Waals surface area contributed by atoms with Crippen LogP contribution in [0.3, 0.4) is 0 Å². The number of hydrogen-bond donors (Lipinski definition) is 1. The van der Waals surface area contributed by atoms with Gasteiger partial charge in [-0.1, -0.05) is 18.5 Å². The molecule has 1 heterocycles. The molecule has 0 aliphatic carbocycles. The van der Waals surface area contributed by atoms with Crippen LogP contribution in [0.4, 0.5) is 10.2 Å². The number of nitrogens with one attached hydrogen (secondary N) is 1. The van der Waals surface area contributed by atoms with Crippen molar-refractivity contribution in [1.29, 1.82) is 0 Å². The first-order valence-electron chi connectivity index (χ1n) is 6.15. The van der Waals surface area contributed by atoms with Crippen molar-refractivity contribution < 1.29 is 4.39 Å². The van der Waals surface area contributed by atoms with E-state index in [0.29, 0.717) is 22.1 Å². The lowest BCUT2D eigenvalue weighted by Crippen LogP contribution is -2.04. The van der Waals surface area contributed by atoms with Crippen molar-refractivity contribution in [3.63, 3.8) is 0 Å². The molecule has 0 saturated heterocycles. The Labute approximate surface area is 116 Å². The summed E-state index contributed by atoms with van der Waals surface area (Å²) in [5, 5.41) is 3.55. The molecule has 1 aromatic carbocycles. The van der Waals surface area contributed by atoms with Crippen LogP contribution in [0.1, 0.15) is 19.2 Å². The number of nitrogens with zero attached hydrogens (tertiary/aromatic N) is 2. The van der Waals surface area contributed by atoms with E-state index in [2.05, 4.69) is 22.2 Å². The molecule has 2 rings (SSSR count). The second kappa shape index (κ2) is 5.97. The number of aromatic nitrogens is 2. The van der Waals surface area contributed by atoms with E-state index >= 15 is 0 Å². The highest BCUT2D eigenvalue weighted by Gasteiger charge is 2.09. The molecule has 1 N–H and O–H groups in total. The molecule has 3 nitrogen and oxygen atoms in total. The van der Waals surface area contributed by atoms with Crippen molar-refractivity contribution >= 4 is 17.4 Å². The molecular formula is C14H15ClFN3. The van der Waals surface area contributed by atoms with Gasteiger partial charge in [-0.15, -0.1) is 0 Å². The molecule has 0 amide bonds. The van der Waals surface area contributed by atoms with Crippen LogP contribution in [0.15, 0.2) is 24.3 Å². The van der Waals surface area contributed by atoms with Crippen LogP contribution >= 0.6 is 11.6 Å². The molecule has 0 aliphatic rings. The zero-order valence-corrected chi connectivity index (χ0v) is 11.6. The topological polar surface area (TPSA) is 37.8 Å². The molecule has 0 fully saturated rings. The molecule has 0 atom stereocenters. The summed E-state index contributed by atoms with van der Waals surface area (Å²) in [5.74, 6) is 1.05. The summed E-state index contributed by atoms with van der Waals surface area (Å²) in [6.07, 6.45) is 1.01. The van der Waals surface area contributed by atoms with E-state index in [-0.39, 0.29) is 5.82 Å². The van der Waals surface area contributed by atoms with Gasteiger partial charge in [-0.25, -0.2) is 14.4 Å². The molecule has 0 spiro atoms. The second-order valence-corrected chi connectivity index (χ2v) is 4.64. The van der Waals surface area contributed by atoms with Gasteiger partial charge in [-0.3, -0.25) is 0 Å². The van der Waals surface area contributed by atoms with E-state index in [1.807, 2.05) is 13.0 Å². The van der Waals surface area contributed by atoms with Gasteiger partial charge in [-0.2, -0.15) is 0 Å². The first-order chi connectivity index (χ1) is 9.10. The zero-order chi connectivity index (χ0) is 13.8. The fraction of sp³-hybridized carbons (Fsp3) is 0.286. The second-order valence-electron chi connectivity index (χ2n) is 4.24. The fourth-order valence-electron chi connectivity index (χ4n) is 1.75. The summed E-state index contributed by atoms with van der Waals surface area (Å²) >= 11 is 6.05. The summed E-state index contributed by atoms with van der Waals surface area (Å²) in [5.41, 5.74) is 1.39. The van der Waals surface area contributed by atoms with Gasteiger partial charge in [0.2, 0.25) is 0 Å². The number of anilines is 1. The van der Waals surface area contributed by atoms with E-state index in [9.17, 15) is 4.39 Å². The quantitative estimate of drug-likeness (QED) is 0.917. The van der Waals surface area contributed by atoms with Crippen molar-refractivity contribution in [2.45, 2.75) is 20.3 Å². The third-order valence-electron chi connectivity index (χ3n) is 2.60. The van der Waals surface area contributed by atoms with Gasteiger partial charge in [0.15, 0.2) is 0 Å². The molecule has 0 radical (unpaired) electrons. The first kappa shape index (κ1) is 13.7. The Morgan fingerprint density at radius 1 is 1.26 bits per heavy atom. The summed E-state index contributed by atoms with van der Waals surface area (Å²) in [7, 11) is 0. The highest BCUT2D eigenvalue weighted by Crippen LogP contribution is 2.28. The Hall–Kier alpha value is -1.68. The molecule has 0 saturated carbocycles. The Kier molecular flexibility index (Phi) is 4.32. The number of rotatable bonds is 4. The third kappa shape index (κ3) is 3.41. The Morgan fingerprint density at radius 3 is 2.74 bits per heavy atom. The van der Waals surface area contributed by atoms with Crippen molar-refractivity contribution in [1.82, 2.24) is 9.97 Å². The third-order valence-corrected chi connectivity index (χ3v) is 2.91. The maximum Gasteiger partial charge on any atom is 0.130 e. The average Bonchev–Trinajstić information content (AvgIpc) is 2.35. The molecule has 2 aromatic rings. The van der Waals surface area contributed by atoms with Crippen molar-refractivity contribution in [2.75, 3.05) is 11.9 Å². The Balaban J connectivity index is 2.41. The predicted octanol–water partition coefficient (Wildman–Crippen LogP) is 4.07. The molecule has 0 unspecified atom stereocenters. The molecule has 5 heteroatoms. The summed E-state index contributed by atoms with van der Waals surface area (Å²) in [4.78, 5) is 8.65. The normalized spacial score (nSPS) is 10.5. The zero-order valence-electron chi connectivity index (χ0n) is 10.9. The van der Waals surface area contributed by atoms with Gasteiger partial charge in [0.1, 0.15) is 17.5 Å². The maximum absolute atomic E-state index is 13.1. The number of aryl methyl sites for hydroxylation is 1. The van der Waals surface area contributed by atoms with Crippen LogP contribution in [0.25, 0.3) is 11.3 Å². The Morgan fingerprint density at radius 2 is 2.05 bits per heavy atom. The maximum atomic E-state index is 13.1. The van der Waals surface area contributed by atoms with E-state index in [1.165, 1.54) is 12.1 Å². The fourth-order valence-corrected chi connectivity index (χ4v) is 2.01. The van der Waals surface area contributed by atoms with E-state index in [0.717, 1.165) is 18.8 Å². The van der Waals surface area contributed by atoms with Crippen molar-refractivity contribution in [2.24, 2.45) is 0 Å². The largest absolute Gasteiger partial charge is 0.370 e. The molecule has 0 bridgehead atoms. The van der Waals surface area contributed by atoms with Crippen LogP contribution in [0, 0.1) is 12.7 Å². The van der Waals surface area contributed by atoms with E-state index in [1.54, 1.807) is 6.07 Å². The predicted molar refractivity (Wildman–Crippen MR) is 76.0 cm³/mol. The van der Waals surface area contributed by atoms with Crippen LogP contribution in [-0.2, 0) is 0 Å². The van der Waals surface area contributed by atoms with E-state index in [4.69, 9.17) is 11.6 Å². The lowest BCUT2D eigenvalue weighted by atomic mass is 10.1. The lowest BCUT2D eigenvalue weighted by molar-refractivity contribution is 0.628. The van der Waals surface area contributed by atoms with Crippen LogP contribution in [-0.4, -0.2) is 16.5 Å². The van der Waals surface area contributed by atoms with Crippen LogP contribution < -0.4 is 5.32 Å². The molecule has 19 heavy (non-hydrogen) atoms. The first-order valence-corrected chi connectivity index (χ1v) is 6.53. The van der Waals surface area contributed by atoms with Gasteiger partial charge < -0.3 is 5.32 Å². The minimum absolute atomic E-state index is 0.347. The highest BCUT2D eigenvalue weighted by atomic mass is 35.5. The SMILES string of the molecule is CCCNc1cc(-c2ccc(F)cc2Cl)nc(C)n1. The minimum Gasteiger partial charge on any atom is -0.370 e. The number of benzene rings is 1. The average molecular weight is 280 g/mol. The van der Waals surface area contributed by atoms with Gasteiger partial charge in [0, 0.05) is 18.2 Å². The monoisotopic (exact) mass is 279 g/mol. The molecular weight excluding hydrogens is 265 g/mol. The smallest absolute Gasteiger partial charge is 0.130 e. The molecule has 100 valence electrons. The standard InChI is InChI=1S/C14H15ClFN3/c1-3-6-17-14-8-13(18-9(2)19-14)11-5-4-10(16)7-12(11)15/h4-5,7-8H,3,6H2,1-2H3,(H,17,18,19). The van der Waals surface area contributed by atoms with Gasteiger partial charge in [0.25, 0.3) is 0 Å². The van der Waals surface area contributed by atoms with E-state index < -0.39 is 0 Å². The molecule has 1 aromatic heterocycles. The molecule has 0 aliphatic heterocycles. The van der Waals surface area contributed by atoms with Crippen LogP contribution in [0.2, 0.25) is 5.02 Å². The van der Waals surface area contributed by atoms with Gasteiger partial charge in [-0.05, 0) is 31.5 Å². The van der Waals surface area contributed by atoms with Crippen LogP contribution in [0.5, 0.6) is 0 Å². The minimum atomic E-state index is -0.358. The summed E-state index contributed by atoms with van der Waals surface area (Å²) < 4.78 is 13.1. The van der Waals surface area contributed by atoms with Crippen molar-refractivity contribution in [3.05, 3.63) is 40.9 Å². The van der Waals surface area contributed by atoms with Gasteiger partial charge >= 0.3 is 0 Å². The van der Waals surface area contributed by atoms with Gasteiger partial charge in [0.05, 0.1) is 10.7 Å².